The van der Waals surface area contributed by atoms with Gasteiger partial charge in [-0.05, 0) is 37.5 Å². The number of pyridine rings is 1. The molecule has 1 aromatic carbocycles. The predicted octanol–water partition coefficient (Wildman–Crippen LogP) is 2.27. The predicted molar refractivity (Wildman–Crippen MR) is 92.1 cm³/mol. The minimum Gasteiger partial charge on any atom is -0.354 e. The lowest BCUT2D eigenvalue weighted by atomic mass is 9.91. The van der Waals surface area contributed by atoms with E-state index in [-0.39, 0.29) is 22.9 Å². The van der Waals surface area contributed by atoms with Crippen LogP contribution in [-0.2, 0) is 5.41 Å². The summed E-state index contributed by atoms with van der Waals surface area (Å²) in [5.41, 5.74) is 2.53. The van der Waals surface area contributed by atoms with Crippen molar-refractivity contribution >= 4 is 11.8 Å². The standard InChI is InChI=1S/C19H21N3O2/c1-3-21-17(23)13-11-15(18(24)20-2)22-16(12-13)19(9-10-19)14-7-5-4-6-8-14/h4-8,11-12H,3,9-10H2,1-2H3,(H,20,24)(H,21,23). The second kappa shape index (κ2) is 6.43. The molecule has 2 amide bonds. The smallest absolute Gasteiger partial charge is 0.269 e. The molecule has 0 saturated heterocycles. The SMILES string of the molecule is CCNC(=O)c1cc(C(=O)NC)nc(C2(c3ccccc3)CC2)c1. The quantitative estimate of drug-likeness (QED) is 0.887. The molecule has 1 aliphatic rings. The number of hydrogen-bond acceptors (Lipinski definition) is 3. The summed E-state index contributed by atoms with van der Waals surface area (Å²) < 4.78 is 0. The van der Waals surface area contributed by atoms with Crippen LogP contribution in [0.1, 0.15) is 51.9 Å². The number of carbonyl (C=O) groups excluding carboxylic acids is 2. The molecule has 1 fully saturated rings. The van der Waals surface area contributed by atoms with Crippen LogP contribution in [0.25, 0.3) is 0 Å². The van der Waals surface area contributed by atoms with Crippen LogP contribution >= 0.6 is 0 Å². The normalized spacial score (nSPS) is 14.8. The molecular weight excluding hydrogens is 302 g/mol. The summed E-state index contributed by atoms with van der Waals surface area (Å²) in [6.45, 7) is 2.40. The summed E-state index contributed by atoms with van der Waals surface area (Å²) in [6, 6.07) is 13.5. The molecule has 2 N–H and O–H groups in total. The van der Waals surface area contributed by atoms with Gasteiger partial charge in [-0.25, -0.2) is 4.98 Å². The van der Waals surface area contributed by atoms with E-state index in [4.69, 9.17) is 0 Å². The summed E-state index contributed by atoms with van der Waals surface area (Å²) in [7, 11) is 1.56. The first-order chi connectivity index (χ1) is 11.6. The number of hydrogen-bond donors (Lipinski definition) is 2. The van der Waals surface area contributed by atoms with Crippen molar-refractivity contribution < 1.29 is 9.59 Å². The van der Waals surface area contributed by atoms with E-state index >= 15 is 0 Å². The zero-order valence-corrected chi connectivity index (χ0v) is 13.9. The molecule has 5 heteroatoms. The highest BCUT2D eigenvalue weighted by atomic mass is 16.2. The average Bonchev–Trinajstić information content (AvgIpc) is 3.43. The molecule has 5 nitrogen and oxygen atoms in total. The lowest BCUT2D eigenvalue weighted by Gasteiger charge is -2.17. The number of amides is 2. The maximum absolute atomic E-state index is 12.3. The zero-order chi connectivity index (χ0) is 17.2. The fourth-order valence-corrected chi connectivity index (χ4v) is 2.99. The van der Waals surface area contributed by atoms with Gasteiger partial charge in [-0.1, -0.05) is 30.3 Å². The van der Waals surface area contributed by atoms with Crippen molar-refractivity contribution in [3.8, 4) is 0 Å². The van der Waals surface area contributed by atoms with Crippen molar-refractivity contribution in [2.75, 3.05) is 13.6 Å². The van der Waals surface area contributed by atoms with Crippen LogP contribution in [0.4, 0.5) is 0 Å². The maximum Gasteiger partial charge on any atom is 0.269 e. The first-order valence-electron chi connectivity index (χ1n) is 8.19. The van der Waals surface area contributed by atoms with Crippen LogP contribution in [0.3, 0.4) is 0 Å². The van der Waals surface area contributed by atoms with Crippen LogP contribution in [0.15, 0.2) is 42.5 Å². The van der Waals surface area contributed by atoms with Crippen LogP contribution in [0.2, 0.25) is 0 Å². The highest BCUT2D eigenvalue weighted by Crippen LogP contribution is 2.52. The van der Waals surface area contributed by atoms with Crippen LogP contribution < -0.4 is 10.6 Å². The van der Waals surface area contributed by atoms with Gasteiger partial charge in [0.1, 0.15) is 5.69 Å². The second-order valence-electron chi connectivity index (χ2n) is 6.01. The topological polar surface area (TPSA) is 71.1 Å². The number of nitrogens with one attached hydrogen (secondary N) is 2. The van der Waals surface area contributed by atoms with E-state index in [1.807, 2.05) is 31.2 Å². The van der Waals surface area contributed by atoms with Gasteiger partial charge >= 0.3 is 0 Å². The van der Waals surface area contributed by atoms with Gasteiger partial charge in [0.15, 0.2) is 0 Å². The van der Waals surface area contributed by atoms with E-state index in [2.05, 4.69) is 27.8 Å². The zero-order valence-electron chi connectivity index (χ0n) is 13.9. The van der Waals surface area contributed by atoms with Gasteiger partial charge in [0.25, 0.3) is 11.8 Å². The highest BCUT2D eigenvalue weighted by molar-refractivity contribution is 5.98. The van der Waals surface area contributed by atoms with E-state index in [9.17, 15) is 9.59 Å². The first kappa shape index (κ1) is 16.2. The molecule has 1 saturated carbocycles. The number of nitrogens with zero attached hydrogens (tertiary/aromatic N) is 1. The van der Waals surface area contributed by atoms with Crippen molar-refractivity contribution in [1.29, 1.82) is 0 Å². The van der Waals surface area contributed by atoms with Crippen molar-refractivity contribution in [1.82, 2.24) is 15.6 Å². The molecule has 0 bridgehead atoms. The van der Waals surface area contributed by atoms with Crippen LogP contribution in [0.5, 0.6) is 0 Å². The van der Waals surface area contributed by atoms with Gasteiger partial charge in [-0.2, -0.15) is 0 Å². The first-order valence-corrected chi connectivity index (χ1v) is 8.19. The molecule has 2 aromatic rings. The fourth-order valence-electron chi connectivity index (χ4n) is 2.99. The van der Waals surface area contributed by atoms with E-state index in [0.717, 1.165) is 18.5 Å². The molecule has 1 heterocycles. The Labute approximate surface area is 141 Å². The Hall–Kier alpha value is -2.69. The third-order valence-electron chi connectivity index (χ3n) is 4.45. The molecule has 24 heavy (non-hydrogen) atoms. The Balaban J connectivity index is 2.09. The maximum atomic E-state index is 12.3. The number of aromatic nitrogens is 1. The highest BCUT2D eigenvalue weighted by Gasteiger charge is 2.47. The van der Waals surface area contributed by atoms with Gasteiger partial charge in [-0.3, -0.25) is 9.59 Å². The Kier molecular flexibility index (Phi) is 4.34. The monoisotopic (exact) mass is 323 g/mol. The molecule has 1 aromatic heterocycles. The minimum absolute atomic E-state index is 0.185. The molecular formula is C19H21N3O2. The van der Waals surface area contributed by atoms with Gasteiger partial charge in [0, 0.05) is 24.6 Å². The van der Waals surface area contributed by atoms with Gasteiger partial charge in [0.05, 0.1) is 5.69 Å². The number of carbonyl (C=O) groups is 2. The second-order valence-corrected chi connectivity index (χ2v) is 6.01. The third-order valence-corrected chi connectivity index (χ3v) is 4.45. The van der Waals surface area contributed by atoms with Gasteiger partial charge in [0.2, 0.25) is 0 Å². The Bertz CT molecular complexity index is 767. The molecule has 124 valence electrons. The molecule has 0 aliphatic heterocycles. The largest absolute Gasteiger partial charge is 0.354 e. The number of benzene rings is 1. The summed E-state index contributed by atoms with van der Waals surface area (Å²) >= 11 is 0. The van der Waals surface area contributed by atoms with E-state index in [1.165, 1.54) is 5.56 Å². The van der Waals surface area contributed by atoms with Crippen molar-refractivity contribution in [3.05, 3.63) is 65.0 Å². The average molecular weight is 323 g/mol. The third kappa shape index (κ3) is 2.89. The van der Waals surface area contributed by atoms with E-state index < -0.39 is 0 Å². The molecule has 1 aliphatic carbocycles. The molecule has 0 radical (unpaired) electrons. The lowest BCUT2D eigenvalue weighted by Crippen LogP contribution is -2.26. The van der Waals surface area contributed by atoms with Crippen molar-refractivity contribution in [2.45, 2.75) is 25.2 Å². The molecule has 0 unspecified atom stereocenters. The summed E-state index contributed by atoms with van der Waals surface area (Å²) in [5, 5.41) is 5.37. The van der Waals surface area contributed by atoms with E-state index in [1.54, 1.807) is 13.1 Å². The number of rotatable bonds is 5. The summed E-state index contributed by atoms with van der Waals surface area (Å²) in [5.74, 6) is -0.471. The minimum atomic E-state index is -0.286. The van der Waals surface area contributed by atoms with Gasteiger partial charge in [-0.15, -0.1) is 0 Å². The van der Waals surface area contributed by atoms with Gasteiger partial charge < -0.3 is 10.6 Å². The molecule has 3 rings (SSSR count). The Morgan fingerprint density at radius 1 is 1.12 bits per heavy atom. The molecule has 0 atom stereocenters. The Morgan fingerprint density at radius 3 is 2.42 bits per heavy atom. The fraction of sp³-hybridized carbons (Fsp3) is 0.316. The van der Waals surface area contributed by atoms with Crippen LogP contribution in [0, 0.1) is 0 Å². The van der Waals surface area contributed by atoms with Crippen LogP contribution in [-0.4, -0.2) is 30.4 Å². The molecule has 0 spiro atoms. The summed E-state index contributed by atoms with van der Waals surface area (Å²) in [4.78, 5) is 28.9. The van der Waals surface area contributed by atoms with Crippen molar-refractivity contribution in [3.63, 3.8) is 0 Å². The lowest BCUT2D eigenvalue weighted by molar-refractivity contribution is 0.0955. The van der Waals surface area contributed by atoms with Crippen molar-refractivity contribution in [2.24, 2.45) is 0 Å². The Morgan fingerprint density at radius 2 is 1.83 bits per heavy atom. The van der Waals surface area contributed by atoms with E-state index in [0.29, 0.717) is 12.1 Å². The summed E-state index contributed by atoms with van der Waals surface area (Å²) in [6.07, 6.45) is 1.94.